The molecule has 0 aliphatic carbocycles. The highest BCUT2D eigenvalue weighted by Gasteiger charge is 2.21. The van der Waals surface area contributed by atoms with Crippen LogP contribution >= 0.6 is 11.3 Å². The molecule has 7 nitrogen and oxygen atoms in total. The van der Waals surface area contributed by atoms with Crippen molar-refractivity contribution in [1.82, 2.24) is 10.3 Å². The number of alkyl carbamates (subject to hydrolysis) is 1. The number of hydrogen-bond acceptors (Lipinski definition) is 7. The number of carbonyl (C=O) groups excluding carboxylic acids is 3. The van der Waals surface area contributed by atoms with Crippen LogP contribution in [0.4, 0.5) is 4.79 Å². The Labute approximate surface area is 155 Å². The van der Waals surface area contributed by atoms with E-state index >= 15 is 0 Å². The molecule has 1 aromatic carbocycles. The minimum absolute atomic E-state index is 0.0562. The summed E-state index contributed by atoms with van der Waals surface area (Å²) in [6.07, 6.45) is -1.10. The minimum Gasteiger partial charge on any atom is -0.453 e. The number of nitrogens with zero attached hydrogens (tertiary/aromatic N) is 1. The molecule has 1 N–H and O–H groups in total. The zero-order chi connectivity index (χ0) is 19.1. The van der Waals surface area contributed by atoms with Crippen molar-refractivity contribution in [1.29, 1.82) is 0 Å². The lowest BCUT2D eigenvalue weighted by atomic mass is 10.1. The molecular weight excluding hydrogens is 356 g/mol. The summed E-state index contributed by atoms with van der Waals surface area (Å²) in [5.41, 5.74) is 2.79. The molecule has 1 aromatic heterocycles. The third-order valence-electron chi connectivity index (χ3n) is 3.57. The number of thiazole rings is 1. The summed E-state index contributed by atoms with van der Waals surface area (Å²) in [5, 5.41) is 4.54. The molecule has 0 fully saturated rings. The predicted molar refractivity (Wildman–Crippen MR) is 96.7 cm³/mol. The molecule has 0 saturated carbocycles. The Balaban J connectivity index is 1.92. The third-order valence-corrected chi connectivity index (χ3v) is 4.51. The molecule has 8 heteroatoms. The second-order valence-corrected chi connectivity index (χ2v) is 6.34. The van der Waals surface area contributed by atoms with Crippen LogP contribution < -0.4 is 5.32 Å². The highest BCUT2D eigenvalue weighted by Crippen LogP contribution is 2.24. The average molecular weight is 376 g/mol. The summed E-state index contributed by atoms with van der Waals surface area (Å²) in [5.74, 6) is -1.35. The zero-order valence-corrected chi connectivity index (χ0v) is 15.6. The van der Waals surface area contributed by atoms with Crippen molar-refractivity contribution < 1.29 is 23.9 Å². The summed E-state index contributed by atoms with van der Waals surface area (Å²) in [6, 6.07) is 8.09. The van der Waals surface area contributed by atoms with Gasteiger partial charge in [0.2, 0.25) is 0 Å². The van der Waals surface area contributed by atoms with Gasteiger partial charge < -0.3 is 9.47 Å². The van der Waals surface area contributed by atoms with E-state index in [0.29, 0.717) is 5.69 Å². The van der Waals surface area contributed by atoms with Gasteiger partial charge in [-0.25, -0.2) is 9.78 Å². The van der Waals surface area contributed by atoms with E-state index in [4.69, 9.17) is 4.74 Å². The fourth-order valence-corrected chi connectivity index (χ4v) is 2.92. The Kier molecular flexibility index (Phi) is 6.85. The van der Waals surface area contributed by atoms with Crippen molar-refractivity contribution in [2.24, 2.45) is 0 Å². The highest BCUT2D eigenvalue weighted by molar-refractivity contribution is 7.13. The van der Waals surface area contributed by atoms with Gasteiger partial charge in [0.25, 0.3) is 5.91 Å². The van der Waals surface area contributed by atoms with E-state index in [1.165, 1.54) is 23.8 Å². The number of nitrogens with one attached hydrogen (secondary N) is 1. The maximum Gasteiger partial charge on any atom is 0.413 e. The smallest absolute Gasteiger partial charge is 0.413 e. The first-order chi connectivity index (χ1) is 12.4. The average Bonchev–Trinajstić information content (AvgIpc) is 3.09. The molecule has 0 aliphatic heterocycles. The number of rotatable bonds is 6. The normalized spacial score (nSPS) is 11.5. The van der Waals surface area contributed by atoms with Gasteiger partial charge in [0.05, 0.1) is 19.2 Å². The second kappa shape index (κ2) is 9.10. The Morgan fingerprint density at radius 3 is 2.54 bits per heavy atom. The molecule has 26 heavy (non-hydrogen) atoms. The van der Waals surface area contributed by atoms with Crippen LogP contribution in [0, 0.1) is 0 Å². The van der Waals surface area contributed by atoms with Gasteiger partial charge in [0, 0.05) is 10.9 Å². The predicted octanol–water partition coefficient (Wildman–Crippen LogP) is 2.73. The molecule has 0 aliphatic rings. The van der Waals surface area contributed by atoms with E-state index in [9.17, 15) is 14.4 Å². The van der Waals surface area contributed by atoms with E-state index in [2.05, 4.69) is 16.6 Å². The number of hydrogen-bond donors (Lipinski definition) is 1. The summed E-state index contributed by atoms with van der Waals surface area (Å²) >= 11 is 1.44. The largest absolute Gasteiger partial charge is 0.453 e. The summed E-state index contributed by atoms with van der Waals surface area (Å²) in [4.78, 5) is 39.0. The van der Waals surface area contributed by atoms with Crippen LogP contribution in [0.2, 0.25) is 0 Å². The van der Waals surface area contributed by atoms with Crippen LogP contribution in [0.25, 0.3) is 10.6 Å². The molecular formula is C18H20N2O5S. The first-order valence-corrected chi connectivity index (χ1v) is 8.93. The zero-order valence-electron chi connectivity index (χ0n) is 14.8. The van der Waals surface area contributed by atoms with Crippen molar-refractivity contribution >= 4 is 29.3 Å². The molecule has 1 atom stereocenters. The van der Waals surface area contributed by atoms with E-state index in [-0.39, 0.29) is 6.42 Å². The maximum absolute atomic E-state index is 12.0. The molecule has 1 heterocycles. The Hall–Kier alpha value is -2.74. The van der Waals surface area contributed by atoms with Crippen LogP contribution in [0.1, 0.15) is 25.1 Å². The van der Waals surface area contributed by atoms with Gasteiger partial charge in [0.15, 0.2) is 6.10 Å². The fourth-order valence-electron chi connectivity index (χ4n) is 2.10. The molecule has 2 rings (SSSR count). The minimum atomic E-state index is -1.11. The monoisotopic (exact) mass is 376 g/mol. The van der Waals surface area contributed by atoms with Crippen LogP contribution in [0.15, 0.2) is 29.6 Å². The number of benzene rings is 1. The number of imide groups is 1. The molecule has 2 aromatic rings. The maximum atomic E-state index is 12.0. The van der Waals surface area contributed by atoms with Gasteiger partial charge in [-0.05, 0) is 18.9 Å². The molecule has 0 saturated heterocycles. The molecule has 0 radical (unpaired) electrons. The number of carbonyl (C=O) groups is 3. The SMILES string of the molecule is CCc1ccc(-c2nc(CC(=O)O[C@H](C)C(=O)NC(=O)OC)cs2)cc1. The fraction of sp³-hybridized carbons (Fsp3) is 0.333. The quantitative estimate of drug-likeness (QED) is 0.779. The van der Waals surface area contributed by atoms with Crippen molar-refractivity contribution in [3.63, 3.8) is 0 Å². The number of ether oxygens (including phenoxy) is 2. The van der Waals surface area contributed by atoms with Gasteiger partial charge in [-0.15, -0.1) is 11.3 Å². The first kappa shape index (κ1) is 19.6. The van der Waals surface area contributed by atoms with Gasteiger partial charge >= 0.3 is 12.1 Å². The van der Waals surface area contributed by atoms with Crippen LogP contribution in [-0.2, 0) is 31.9 Å². The van der Waals surface area contributed by atoms with Gasteiger partial charge in [-0.1, -0.05) is 31.2 Å². The lowest BCUT2D eigenvalue weighted by Gasteiger charge is -2.11. The Morgan fingerprint density at radius 2 is 1.92 bits per heavy atom. The van der Waals surface area contributed by atoms with E-state index < -0.39 is 24.1 Å². The molecule has 2 amide bonds. The van der Waals surface area contributed by atoms with Crippen molar-refractivity contribution in [2.45, 2.75) is 32.8 Å². The Bertz CT molecular complexity index is 785. The van der Waals surface area contributed by atoms with Crippen LogP contribution in [0.5, 0.6) is 0 Å². The van der Waals surface area contributed by atoms with Gasteiger partial charge in [-0.3, -0.25) is 14.9 Å². The van der Waals surface area contributed by atoms with Gasteiger partial charge in [-0.2, -0.15) is 0 Å². The van der Waals surface area contributed by atoms with Crippen molar-refractivity contribution in [2.75, 3.05) is 7.11 Å². The number of esters is 1. The van der Waals surface area contributed by atoms with E-state index in [1.54, 1.807) is 5.38 Å². The lowest BCUT2D eigenvalue weighted by Crippen LogP contribution is -2.39. The molecule has 0 bridgehead atoms. The second-order valence-electron chi connectivity index (χ2n) is 5.48. The number of aryl methyl sites for hydroxylation is 1. The highest BCUT2D eigenvalue weighted by atomic mass is 32.1. The standard InChI is InChI=1S/C18H20N2O5S/c1-4-12-5-7-13(8-6-12)17-19-14(10-26-17)9-15(21)25-11(2)16(22)20-18(23)24-3/h5-8,10-11H,4,9H2,1-3H3,(H,20,22,23)/t11-/m1/s1. The molecule has 138 valence electrons. The van der Waals surface area contributed by atoms with E-state index in [0.717, 1.165) is 24.1 Å². The first-order valence-electron chi connectivity index (χ1n) is 8.05. The van der Waals surface area contributed by atoms with Crippen LogP contribution in [-0.4, -0.2) is 36.2 Å². The molecule has 0 spiro atoms. The summed E-state index contributed by atoms with van der Waals surface area (Å²) < 4.78 is 9.32. The summed E-state index contributed by atoms with van der Waals surface area (Å²) in [6.45, 7) is 3.46. The van der Waals surface area contributed by atoms with Gasteiger partial charge in [0.1, 0.15) is 5.01 Å². The number of amides is 2. The molecule has 0 unspecified atom stereocenters. The lowest BCUT2D eigenvalue weighted by molar-refractivity contribution is -0.154. The summed E-state index contributed by atoms with van der Waals surface area (Å²) in [7, 11) is 1.13. The van der Waals surface area contributed by atoms with Crippen molar-refractivity contribution in [3.8, 4) is 10.6 Å². The number of aromatic nitrogens is 1. The van der Waals surface area contributed by atoms with Crippen molar-refractivity contribution in [3.05, 3.63) is 40.9 Å². The topological polar surface area (TPSA) is 94.6 Å². The number of methoxy groups -OCH3 is 1. The third kappa shape index (κ3) is 5.38. The van der Waals surface area contributed by atoms with E-state index in [1.807, 2.05) is 29.6 Å². The Morgan fingerprint density at radius 1 is 1.23 bits per heavy atom. The van der Waals surface area contributed by atoms with Crippen LogP contribution in [0.3, 0.4) is 0 Å².